The van der Waals surface area contributed by atoms with Crippen molar-refractivity contribution in [3.05, 3.63) is 0 Å². The minimum atomic E-state index is -0.701. The zero-order valence-electron chi connectivity index (χ0n) is 12.2. The number of carboxylic acids is 1. The van der Waals surface area contributed by atoms with E-state index in [0.717, 1.165) is 51.9 Å². The molecule has 2 aliphatic heterocycles. The summed E-state index contributed by atoms with van der Waals surface area (Å²) in [5.74, 6) is -0.547. The Balaban J connectivity index is 1.82. The van der Waals surface area contributed by atoms with E-state index in [4.69, 9.17) is 0 Å². The molecule has 0 bridgehead atoms. The molecule has 114 valence electrons. The van der Waals surface area contributed by atoms with Gasteiger partial charge < -0.3 is 15.3 Å². The standard InChI is InChI=1S/C14H25N3O3/c1-2-15-10-13(18)16-8-5-11(6-9-16)17-7-3-4-12(17)14(19)20/h11-12,15H,2-10H2,1H3,(H,19,20). The lowest BCUT2D eigenvalue weighted by molar-refractivity contribution is -0.144. The van der Waals surface area contributed by atoms with Gasteiger partial charge in [0.15, 0.2) is 0 Å². The Morgan fingerprint density at radius 1 is 1.20 bits per heavy atom. The van der Waals surface area contributed by atoms with Crippen LogP contribution in [0, 0.1) is 0 Å². The van der Waals surface area contributed by atoms with Crippen molar-refractivity contribution in [3.63, 3.8) is 0 Å². The van der Waals surface area contributed by atoms with Gasteiger partial charge in [0.25, 0.3) is 0 Å². The predicted molar refractivity (Wildman–Crippen MR) is 75.5 cm³/mol. The van der Waals surface area contributed by atoms with Gasteiger partial charge in [0, 0.05) is 19.1 Å². The van der Waals surface area contributed by atoms with Gasteiger partial charge in [-0.3, -0.25) is 14.5 Å². The number of rotatable bonds is 5. The van der Waals surface area contributed by atoms with Crippen LogP contribution in [0.2, 0.25) is 0 Å². The van der Waals surface area contributed by atoms with Crippen LogP contribution in [0.25, 0.3) is 0 Å². The Bertz CT molecular complexity index is 354. The van der Waals surface area contributed by atoms with Crippen LogP contribution in [-0.4, -0.2) is 71.6 Å². The number of likely N-dealkylation sites (tertiary alicyclic amines) is 2. The molecular formula is C14H25N3O3. The summed E-state index contributed by atoms with van der Waals surface area (Å²) in [6.07, 6.45) is 3.51. The fourth-order valence-corrected chi connectivity index (χ4v) is 3.28. The highest BCUT2D eigenvalue weighted by molar-refractivity contribution is 5.78. The molecule has 20 heavy (non-hydrogen) atoms. The third kappa shape index (κ3) is 3.49. The number of nitrogens with one attached hydrogen (secondary N) is 1. The van der Waals surface area contributed by atoms with Crippen molar-refractivity contribution in [1.82, 2.24) is 15.1 Å². The third-order valence-electron chi connectivity index (χ3n) is 4.39. The number of amides is 1. The fraction of sp³-hybridized carbons (Fsp3) is 0.857. The SMILES string of the molecule is CCNCC(=O)N1CCC(N2CCCC2C(=O)O)CC1. The molecule has 0 aromatic carbocycles. The Labute approximate surface area is 120 Å². The van der Waals surface area contributed by atoms with Crippen LogP contribution in [0.15, 0.2) is 0 Å². The zero-order chi connectivity index (χ0) is 14.5. The maximum atomic E-state index is 11.9. The quantitative estimate of drug-likeness (QED) is 0.750. The monoisotopic (exact) mass is 283 g/mol. The van der Waals surface area contributed by atoms with Crippen LogP contribution in [0.4, 0.5) is 0 Å². The Morgan fingerprint density at radius 2 is 1.90 bits per heavy atom. The van der Waals surface area contributed by atoms with Gasteiger partial charge in [-0.1, -0.05) is 6.92 Å². The molecule has 2 aliphatic rings. The first-order chi connectivity index (χ1) is 9.63. The fourth-order valence-electron chi connectivity index (χ4n) is 3.28. The van der Waals surface area contributed by atoms with E-state index in [2.05, 4.69) is 10.2 Å². The van der Waals surface area contributed by atoms with Crippen molar-refractivity contribution >= 4 is 11.9 Å². The number of likely N-dealkylation sites (N-methyl/N-ethyl adjacent to an activating group) is 1. The van der Waals surface area contributed by atoms with Gasteiger partial charge in [0.2, 0.25) is 5.91 Å². The van der Waals surface area contributed by atoms with Gasteiger partial charge in [-0.15, -0.1) is 0 Å². The first-order valence-electron chi connectivity index (χ1n) is 7.60. The summed E-state index contributed by atoms with van der Waals surface area (Å²) in [7, 11) is 0. The molecule has 0 spiro atoms. The van der Waals surface area contributed by atoms with E-state index in [9.17, 15) is 14.7 Å². The first-order valence-corrected chi connectivity index (χ1v) is 7.60. The van der Waals surface area contributed by atoms with Gasteiger partial charge in [-0.05, 0) is 38.8 Å². The molecule has 2 N–H and O–H groups in total. The van der Waals surface area contributed by atoms with E-state index in [1.54, 1.807) is 0 Å². The molecule has 0 aromatic rings. The zero-order valence-corrected chi connectivity index (χ0v) is 12.2. The van der Waals surface area contributed by atoms with Crippen LogP contribution in [0.1, 0.15) is 32.6 Å². The average molecular weight is 283 g/mol. The van der Waals surface area contributed by atoms with Crippen molar-refractivity contribution < 1.29 is 14.7 Å². The van der Waals surface area contributed by atoms with Crippen LogP contribution >= 0.6 is 0 Å². The molecule has 0 aromatic heterocycles. The van der Waals surface area contributed by atoms with Crippen molar-refractivity contribution in [2.24, 2.45) is 0 Å². The summed E-state index contributed by atoms with van der Waals surface area (Å²) in [6.45, 7) is 5.57. The normalized spacial score (nSPS) is 25.1. The second kappa shape index (κ2) is 7.04. The number of nitrogens with zero attached hydrogens (tertiary/aromatic N) is 2. The lowest BCUT2D eigenvalue weighted by atomic mass is 10.0. The molecule has 0 saturated carbocycles. The Kier molecular flexibility index (Phi) is 5.37. The number of hydrogen-bond acceptors (Lipinski definition) is 4. The summed E-state index contributed by atoms with van der Waals surface area (Å²) in [4.78, 5) is 27.2. The lowest BCUT2D eigenvalue weighted by Gasteiger charge is -2.38. The second-order valence-electron chi connectivity index (χ2n) is 5.63. The molecule has 1 unspecified atom stereocenters. The number of carbonyl (C=O) groups is 2. The summed E-state index contributed by atoms with van der Waals surface area (Å²) in [5.41, 5.74) is 0. The van der Waals surface area contributed by atoms with E-state index in [-0.39, 0.29) is 11.9 Å². The van der Waals surface area contributed by atoms with E-state index in [1.807, 2.05) is 11.8 Å². The Hall–Kier alpha value is -1.14. The van der Waals surface area contributed by atoms with E-state index >= 15 is 0 Å². The molecule has 1 amide bonds. The molecular weight excluding hydrogens is 258 g/mol. The molecule has 0 aliphatic carbocycles. The van der Waals surface area contributed by atoms with Crippen LogP contribution in [0.5, 0.6) is 0 Å². The molecule has 0 radical (unpaired) electrons. The smallest absolute Gasteiger partial charge is 0.320 e. The van der Waals surface area contributed by atoms with Crippen LogP contribution in [0.3, 0.4) is 0 Å². The highest BCUT2D eigenvalue weighted by Gasteiger charge is 2.37. The first kappa shape index (κ1) is 15.3. The van der Waals surface area contributed by atoms with Crippen molar-refractivity contribution in [2.45, 2.75) is 44.7 Å². The molecule has 2 heterocycles. The highest BCUT2D eigenvalue weighted by atomic mass is 16.4. The number of piperidine rings is 1. The number of carbonyl (C=O) groups excluding carboxylic acids is 1. The summed E-state index contributed by atoms with van der Waals surface area (Å²) < 4.78 is 0. The molecule has 1 atom stereocenters. The van der Waals surface area contributed by atoms with Crippen LogP contribution in [-0.2, 0) is 9.59 Å². The average Bonchev–Trinajstić information content (AvgIpc) is 2.94. The van der Waals surface area contributed by atoms with E-state index < -0.39 is 5.97 Å². The largest absolute Gasteiger partial charge is 0.480 e. The summed E-state index contributed by atoms with van der Waals surface area (Å²) in [6, 6.07) is 0.00536. The minimum Gasteiger partial charge on any atom is -0.480 e. The maximum absolute atomic E-state index is 11.9. The number of aliphatic carboxylic acids is 1. The van der Waals surface area contributed by atoms with Gasteiger partial charge in [0.1, 0.15) is 6.04 Å². The number of carboxylic acid groups (broad SMARTS) is 1. The molecule has 6 nitrogen and oxygen atoms in total. The topological polar surface area (TPSA) is 72.9 Å². The van der Waals surface area contributed by atoms with E-state index in [0.29, 0.717) is 12.6 Å². The van der Waals surface area contributed by atoms with Crippen molar-refractivity contribution in [2.75, 3.05) is 32.7 Å². The number of hydrogen-bond donors (Lipinski definition) is 2. The third-order valence-corrected chi connectivity index (χ3v) is 4.39. The lowest BCUT2D eigenvalue weighted by Crippen LogP contribution is -2.51. The van der Waals surface area contributed by atoms with Gasteiger partial charge >= 0.3 is 5.97 Å². The second-order valence-corrected chi connectivity index (χ2v) is 5.63. The molecule has 2 fully saturated rings. The van der Waals surface area contributed by atoms with Gasteiger partial charge in [-0.2, -0.15) is 0 Å². The summed E-state index contributed by atoms with van der Waals surface area (Å²) >= 11 is 0. The molecule has 2 rings (SSSR count). The maximum Gasteiger partial charge on any atom is 0.320 e. The van der Waals surface area contributed by atoms with Crippen molar-refractivity contribution in [3.8, 4) is 0 Å². The van der Waals surface area contributed by atoms with Gasteiger partial charge in [-0.25, -0.2) is 0 Å². The predicted octanol–water partition coefficient (Wildman–Crippen LogP) is 0.136. The minimum absolute atomic E-state index is 0.154. The molecule has 6 heteroatoms. The highest BCUT2D eigenvalue weighted by Crippen LogP contribution is 2.26. The van der Waals surface area contributed by atoms with Crippen molar-refractivity contribution in [1.29, 1.82) is 0 Å². The Morgan fingerprint density at radius 3 is 2.50 bits per heavy atom. The summed E-state index contributed by atoms with van der Waals surface area (Å²) in [5, 5.41) is 12.3. The van der Waals surface area contributed by atoms with Crippen LogP contribution < -0.4 is 5.32 Å². The van der Waals surface area contributed by atoms with E-state index in [1.165, 1.54) is 0 Å². The van der Waals surface area contributed by atoms with Gasteiger partial charge in [0.05, 0.1) is 6.54 Å². The molecule has 2 saturated heterocycles.